The number of hydrogen-bond donors (Lipinski definition) is 1. The van der Waals surface area contributed by atoms with E-state index in [1.165, 1.54) is 12.0 Å². The zero-order valence-electron chi connectivity index (χ0n) is 9.30. The summed E-state index contributed by atoms with van der Waals surface area (Å²) in [6, 6.07) is 0. The highest BCUT2D eigenvalue weighted by molar-refractivity contribution is 5.06. The summed E-state index contributed by atoms with van der Waals surface area (Å²) in [6.07, 6.45) is 5.52. The molecule has 0 aromatic rings. The van der Waals surface area contributed by atoms with Crippen molar-refractivity contribution in [3.63, 3.8) is 0 Å². The van der Waals surface area contributed by atoms with Gasteiger partial charge in [-0.1, -0.05) is 25.5 Å². The van der Waals surface area contributed by atoms with Crippen LogP contribution in [0.25, 0.3) is 0 Å². The third-order valence-electron chi connectivity index (χ3n) is 3.14. The first-order valence-corrected chi connectivity index (χ1v) is 5.27. The van der Waals surface area contributed by atoms with E-state index in [0.29, 0.717) is 5.92 Å². The fraction of sp³-hybridized carbons (Fsp3) is 0.833. The van der Waals surface area contributed by atoms with Crippen molar-refractivity contribution in [2.45, 2.75) is 53.1 Å². The molecule has 76 valence electrons. The van der Waals surface area contributed by atoms with Crippen molar-refractivity contribution < 1.29 is 5.11 Å². The first-order chi connectivity index (χ1) is 5.93. The number of aliphatic hydroxyl groups is 1. The molecule has 0 bridgehead atoms. The SMILES string of the molecule is CC(C)=CC1(C)CCC(C)C(O)C1. The van der Waals surface area contributed by atoms with E-state index in [0.717, 1.165) is 12.8 Å². The Kier molecular flexibility index (Phi) is 3.18. The van der Waals surface area contributed by atoms with Gasteiger partial charge < -0.3 is 5.11 Å². The molecule has 0 heterocycles. The van der Waals surface area contributed by atoms with Gasteiger partial charge in [-0.15, -0.1) is 0 Å². The first kappa shape index (κ1) is 10.8. The molecule has 0 amide bonds. The zero-order chi connectivity index (χ0) is 10.1. The molecule has 0 aromatic carbocycles. The maximum atomic E-state index is 9.80. The van der Waals surface area contributed by atoms with Gasteiger partial charge in [-0.3, -0.25) is 0 Å². The van der Waals surface area contributed by atoms with Crippen molar-refractivity contribution in [1.29, 1.82) is 0 Å². The van der Waals surface area contributed by atoms with Gasteiger partial charge in [0.05, 0.1) is 6.10 Å². The van der Waals surface area contributed by atoms with Crippen LogP contribution in [0.4, 0.5) is 0 Å². The lowest BCUT2D eigenvalue weighted by Crippen LogP contribution is -2.33. The molecule has 1 nitrogen and oxygen atoms in total. The molecule has 3 unspecified atom stereocenters. The number of allylic oxidation sites excluding steroid dienone is 2. The van der Waals surface area contributed by atoms with Gasteiger partial charge in [-0.2, -0.15) is 0 Å². The highest BCUT2D eigenvalue weighted by Crippen LogP contribution is 2.40. The summed E-state index contributed by atoms with van der Waals surface area (Å²) in [7, 11) is 0. The van der Waals surface area contributed by atoms with E-state index < -0.39 is 0 Å². The van der Waals surface area contributed by atoms with Crippen molar-refractivity contribution in [1.82, 2.24) is 0 Å². The monoisotopic (exact) mass is 182 g/mol. The lowest BCUT2D eigenvalue weighted by molar-refractivity contribution is 0.0340. The van der Waals surface area contributed by atoms with Crippen molar-refractivity contribution in [3.8, 4) is 0 Å². The molecule has 0 saturated heterocycles. The molecule has 0 radical (unpaired) electrons. The summed E-state index contributed by atoms with van der Waals surface area (Å²) in [6.45, 7) is 8.67. The minimum atomic E-state index is -0.102. The zero-order valence-corrected chi connectivity index (χ0v) is 9.30. The first-order valence-electron chi connectivity index (χ1n) is 5.27. The molecule has 1 rings (SSSR count). The van der Waals surface area contributed by atoms with Gasteiger partial charge in [-0.05, 0) is 44.4 Å². The Bertz CT molecular complexity index is 203. The maximum Gasteiger partial charge on any atom is 0.0573 e. The third kappa shape index (κ3) is 2.84. The largest absolute Gasteiger partial charge is 0.393 e. The minimum Gasteiger partial charge on any atom is -0.393 e. The second kappa shape index (κ2) is 3.83. The van der Waals surface area contributed by atoms with Crippen LogP contribution >= 0.6 is 0 Å². The lowest BCUT2D eigenvalue weighted by atomic mass is 9.70. The summed E-state index contributed by atoms with van der Waals surface area (Å²) in [5, 5.41) is 9.80. The topological polar surface area (TPSA) is 20.2 Å². The average molecular weight is 182 g/mol. The van der Waals surface area contributed by atoms with Crippen molar-refractivity contribution >= 4 is 0 Å². The summed E-state index contributed by atoms with van der Waals surface area (Å²) in [5.41, 5.74) is 1.61. The lowest BCUT2D eigenvalue weighted by Gasteiger charge is -2.37. The Hall–Kier alpha value is -0.300. The van der Waals surface area contributed by atoms with Crippen LogP contribution in [0.2, 0.25) is 0 Å². The van der Waals surface area contributed by atoms with E-state index in [2.05, 4.69) is 33.8 Å². The predicted octanol–water partition coefficient (Wildman–Crippen LogP) is 3.14. The van der Waals surface area contributed by atoms with Gasteiger partial charge in [-0.25, -0.2) is 0 Å². The van der Waals surface area contributed by atoms with Crippen molar-refractivity contribution in [2.24, 2.45) is 11.3 Å². The maximum absolute atomic E-state index is 9.80. The molecule has 13 heavy (non-hydrogen) atoms. The van der Waals surface area contributed by atoms with Gasteiger partial charge >= 0.3 is 0 Å². The Morgan fingerprint density at radius 3 is 2.54 bits per heavy atom. The van der Waals surface area contributed by atoms with Crippen LogP contribution in [0.1, 0.15) is 47.0 Å². The van der Waals surface area contributed by atoms with E-state index in [4.69, 9.17) is 0 Å². The Morgan fingerprint density at radius 1 is 1.46 bits per heavy atom. The average Bonchev–Trinajstić information content (AvgIpc) is 1.96. The molecular formula is C12H22O. The smallest absolute Gasteiger partial charge is 0.0573 e. The summed E-state index contributed by atoms with van der Waals surface area (Å²) in [4.78, 5) is 0. The molecular weight excluding hydrogens is 160 g/mol. The van der Waals surface area contributed by atoms with E-state index in [1.54, 1.807) is 0 Å². The molecule has 3 atom stereocenters. The Balaban J connectivity index is 2.67. The minimum absolute atomic E-state index is 0.102. The highest BCUT2D eigenvalue weighted by atomic mass is 16.3. The van der Waals surface area contributed by atoms with E-state index in [1.807, 2.05) is 0 Å². The fourth-order valence-corrected chi connectivity index (χ4v) is 2.36. The molecule has 1 aliphatic rings. The van der Waals surface area contributed by atoms with E-state index >= 15 is 0 Å². The van der Waals surface area contributed by atoms with Gasteiger partial charge in [0.1, 0.15) is 0 Å². The predicted molar refractivity (Wildman–Crippen MR) is 56.6 cm³/mol. The molecule has 1 fully saturated rings. The summed E-state index contributed by atoms with van der Waals surface area (Å²) >= 11 is 0. The molecule has 0 aromatic heterocycles. The summed E-state index contributed by atoms with van der Waals surface area (Å²) < 4.78 is 0. The number of rotatable bonds is 1. The molecule has 1 N–H and O–H groups in total. The molecule has 1 heteroatoms. The normalized spacial score (nSPS) is 40.1. The van der Waals surface area contributed by atoms with Crippen LogP contribution in [0.15, 0.2) is 11.6 Å². The van der Waals surface area contributed by atoms with Crippen LogP contribution in [0, 0.1) is 11.3 Å². The number of hydrogen-bond acceptors (Lipinski definition) is 1. The fourth-order valence-electron chi connectivity index (χ4n) is 2.36. The molecule has 0 aliphatic heterocycles. The number of aliphatic hydroxyl groups excluding tert-OH is 1. The van der Waals surface area contributed by atoms with Gasteiger partial charge in [0.2, 0.25) is 0 Å². The van der Waals surface area contributed by atoms with Gasteiger partial charge in [0.15, 0.2) is 0 Å². The van der Waals surface area contributed by atoms with Crippen LogP contribution < -0.4 is 0 Å². The second-order valence-electron chi connectivity index (χ2n) is 5.16. The molecule has 1 saturated carbocycles. The van der Waals surface area contributed by atoms with Crippen LogP contribution in [-0.2, 0) is 0 Å². The van der Waals surface area contributed by atoms with Gasteiger partial charge in [0.25, 0.3) is 0 Å². The van der Waals surface area contributed by atoms with Crippen molar-refractivity contribution in [3.05, 3.63) is 11.6 Å². The third-order valence-corrected chi connectivity index (χ3v) is 3.14. The van der Waals surface area contributed by atoms with Crippen LogP contribution in [-0.4, -0.2) is 11.2 Å². The van der Waals surface area contributed by atoms with E-state index in [-0.39, 0.29) is 11.5 Å². The highest BCUT2D eigenvalue weighted by Gasteiger charge is 2.33. The Morgan fingerprint density at radius 2 is 2.08 bits per heavy atom. The van der Waals surface area contributed by atoms with E-state index in [9.17, 15) is 5.11 Å². The van der Waals surface area contributed by atoms with Crippen LogP contribution in [0.3, 0.4) is 0 Å². The summed E-state index contributed by atoms with van der Waals surface area (Å²) in [5.74, 6) is 0.485. The standard InChI is InChI=1S/C12H22O/c1-9(2)7-12(4)6-5-10(3)11(13)8-12/h7,10-11,13H,5-6,8H2,1-4H3. The Labute approximate surface area is 81.9 Å². The molecule has 0 spiro atoms. The second-order valence-corrected chi connectivity index (χ2v) is 5.16. The molecule has 1 aliphatic carbocycles. The van der Waals surface area contributed by atoms with Crippen molar-refractivity contribution in [2.75, 3.05) is 0 Å². The van der Waals surface area contributed by atoms with Crippen LogP contribution in [0.5, 0.6) is 0 Å². The quantitative estimate of drug-likeness (QED) is 0.618. The van der Waals surface area contributed by atoms with Gasteiger partial charge in [0, 0.05) is 0 Å².